The molecule has 92 valence electrons. The monoisotopic (exact) mass is 262 g/mol. The Kier molecular flexibility index (Phi) is 2.80. The molecule has 1 aromatic heterocycles. The predicted octanol–water partition coefficient (Wildman–Crippen LogP) is 3.09. The summed E-state index contributed by atoms with van der Waals surface area (Å²) in [4.78, 5) is 11.5. The highest BCUT2D eigenvalue weighted by molar-refractivity contribution is 6.29. The van der Waals surface area contributed by atoms with E-state index in [9.17, 15) is 4.79 Å². The Bertz CT molecular complexity index is 618. The van der Waals surface area contributed by atoms with E-state index in [1.807, 2.05) is 24.3 Å². The van der Waals surface area contributed by atoms with Crippen LogP contribution in [0.25, 0.3) is 0 Å². The van der Waals surface area contributed by atoms with Gasteiger partial charge in [-0.25, -0.2) is 0 Å². The highest BCUT2D eigenvalue weighted by Crippen LogP contribution is 2.40. The second-order valence-electron chi connectivity index (χ2n) is 4.33. The van der Waals surface area contributed by atoms with Crippen molar-refractivity contribution in [3.8, 4) is 11.6 Å². The summed E-state index contributed by atoms with van der Waals surface area (Å²) in [7, 11) is 0. The summed E-state index contributed by atoms with van der Waals surface area (Å²) >= 11 is 5.61. The minimum absolute atomic E-state index is 0.00132. The van der Waals surface area contributed by atoms with Gasteiger partial charge in [0, 0.05) is 6.07 Å². The Balaban J connectivity index is 1.80. The van der Waals surface area contributed by atoms with Crippen LogP contribution >= 0.6 is 11.6 Å². The molecule has 3 rings (SSSR count). The quantitative estimate of drug-likeness (QED) is 0.925. The molecular formula is C13H11ClN2O2. The molecular weight excluding hydrogens is 252 g/mol. The van der Waals surface area contributed by atoms with Gasteiger partial charge in [-0.1, -0.05) is 23.7 Å². The van der Waals surface area contributed by atoms with E-state index in [2.05, 4.69) is 10.2 Å². The smallest absolute Gasteiger partial charge is 0.285 e. The van der Waals surface area contributed by atoms with Crippen molar-refractivity contribution in [2.45, 2.75) is 18.8 Å². The molecule has 5 heteroatoms. The molecule has 1 aromatic carbocycles. The van der Waals surface area contributed by atoms with Crippen molar-refractivity contribution in [2.75, 3.05) is 0 Å². The standard InChI is InChI=1S/C13H11ClN2O2/c14-12-7-11(17)13(16-15-12)18-10-5-3-9(4-6-10)8-1-2-8/h3-8H,1-2H2,(H,15,17). The average molecular weight is 263 g/mol. The third-order valence-electron chi connectivity index (χ3n) is 2.88. The molecule has 1 saturated carbocycles. The van der Waals surface area contributed by atoms with Crippen LogP contribution in [0.3, 0.4) is 0 Å². The van der Waals surface area contributed by atoms with E-state index in [1.54, 1.807) is 0 Å². The van der Waals surface area contributed by atoms with Crippen LogP contribution in [0.2, 0.25) is 5.15 Å². The number of hydrogen-bond donors (Lipinski definition) is 1. The number of benzene rings is 1. The fourth-order valence-corrected chi connectivity index (χ4v) is 1.92. The third-order valence-corrected chi connectivity index (χ3v) is 3.07. The van der Waals surface area contributed by atoms with Gasteiger partial charge in [0.05, 0.1) is 0 Å². The molecule has 0 atom stereocenters. The van der Waals surface area contributed by atoms with Gasteiger partial charge in [0.2, 0.25) is 5.43 Å². The Morgan fingerprint density at radius 1 is 1.28 bits per heavy atom. The zero-order valence-electron chi connectivity index (χ0n) is 9.52. The van der Waals surface area contributed by atoms with Gasteiger partial charge < -0.3 is 4.74 Å². The van der Waals surface area contributed by atoms with Crippen molar-refractivity contribution in [3.05, 3.63) is 51.3 Å². The number of nitrogens with one attached hydrogen (secondary N) is 1. The first-order valence-electron chi connectivity index (χ1n) is 5.75. The van der Waals surface area contributed by atoms with E-state index < -0.39 is 0 Å². The number of halogens is 1. The van der Waals surface area contributed by atoms with Crippen LogP contribution in [0.5, 0.6) is 11.6 Å². The summed E-state index contributed by atoms with van der Waals surface area (Å²) in [5.74, 6) is 1.30. The predicted molar refractivity (Wildman–Crippen MR) is 68.4 cm³/mol. The first-order valence-corrected chi connectivity index (χ1v) is 6.13. The summed E-state index contributed by atoms with van der Waals surface area (Å²) in [6, 6.07) is 8.99. The first-order chi connectivity index (χ1) is 8.72. The Labute approximate surface area is 109 Å². The van der Waals surface area contributed by atoms with Crippen molar-refractivity contribution in [1.29, 1.82) is 0 Å². The van der Waals surface area contributed by atoms with Gasteiger partial charge in [-0.3, -0.25) is 9.89 Å². The number of aromatic amines is 1. The Morgan fingerprint density at radius 3 is 2.61 bits per heavy atom. The lowest BCUT2D eigenvalue weighted by Gasteiger charge is -2.04. The normalized spacial score (nSPS) is 14.5. The van der Waals surface area contributed by atoms with Gasteiger partial charge in [0.25, 0.3) is 5.88 Å². The van der Waals surface area contributed by atoms with E-state index in [0.29, 0.717) is 11.7 Å². The van der Waals surface area contributed by atoms with Gasteiger partial charge in [0.1, 0.15) is 10.9 Å². The number of ether oxygens (including phenoxy) is 1. The number of aromatic nitrogens is 2. The van der Waals surface area contributed by atoms with Gasteiger partial charge >= 0.3 is 0 Å². The molecule has 0 spiro atoms. The lowest BCUT2D eigenvalue weighted by Crippen LogP contribution is -2.07. The van der Waals surface area contributed by atoms with E-state index >= 15 is 0 Å². The topological polar surface area (TPSA) is 55.0 Å². The number of nitrogens with zero attached hydrogens (tertiary/aromatic N) is 1. The maximum Gasteiger partial charge on any atom is 0.285 e. The zero-order chi connectivity index (χ0) is 12.5. The molecule has 1 N–H and O–H groups in total. The van der Waals surface area contributed by atoms with E-state index in [4.69, 9.17) is 16.3 Å². The fraction of sp³-hybridized carbons (Fsp3) is 0.231. The van der Waals surface area contributed by atoms with E-state index in [1.165, 1.54) is 24.5 Å². The first kappa shape index (κ1) is 11.3. The van der Waals surface area contributed by atoms with Crippen LogP contribution in [0, 0.1) is 0 Å². The van der Waals surface area contributed by atoms with Gasteiger partial charge in [-0.05, 0) is 36.5 Å². The van der Waals surface area contributed by atoms with Gasteiger partial charge in [-0.2, -0.15) is 0 Å². The molecule has 1 heterocycles. The highest BCUT2D eigenvalue weighted by atomic mass is 35.5. The van der Waals surface area contributed by atoms with Crippen LogP contribution < -0.4 is 10.2 Å². The summed E-state index contributed by atoms with van der Waals surface area (Å²) < 4.78 is 5.41. The molecule has 0 saturated heterocycles. The lowest BCUT2D eigenvalue weighted by atomic mass is 10.1. The lowest BCUT2D eigenvalue weighted by molar-refractivity contribution is 0.450. The highest BCUT2D eigenvalue weighted by Gasteiger charge is 2.23. The molecule has 0 radical (unpaired) electrons. The summed E-state index contributed by atoms with van der Waals surface area (Å²) in [6.07, 6.45) is 2.53. The van der Waals surface area contributed by atoms with Gasteiger partial charge in [0.15, 0.2) is 0 Å². The fourth-order valence-electron chi connectivity index (χ4n) is 1.78. The molecule has 0 bridgehead atoms. The van der Waals surface area contributed by atoms with Gasteiger partial charge in [-0.15, -0.1) is 5.10 Å². The number of hydrogen-bond acceptors (Lipinski definition) is 3. The van der Waals surface area contributed by atoms with Crippen molar-refractivity contribution >= 4 is 11.6 Å². The summed E-state index contributed by atoms with van der Waals surface area (Å²) in [5, 5.41) is 6.43. The van der Waals surface area contributed by atoms with Crippen molar-refractivity contribution in [3.63, 3.8) is 0 Å². The summed E-state index contributed by atoms with van der Waals surface area (Å²) in [5.41, 5.74) is 0.977. The SMILES string of the molecule is O=c1cc(Cl)[nH]nc1Oc1ccc(C2CC2)cc1. The molecule has 1 aliphatic carbocycles. The molecule has 0 unspecified atom stereocenters. The molecule has 0 amide bonds. The minimum atomic E-state index is -0.343. The molecule has 0 aliphatic heterocycles. The average Bonchev–Trinajstić information content (AvgIpc) is 3.18. The second-order valence-corrected chi connectivity index (χ2v) is 4.74. The van der Waals surface area contributed by atoms with Crippen LogP contribution in [0.15, 0.2) is 35.1 Å². The van der Waals surface area contributed by atoms with Crippen molar-refractivity contribution in [2.24, 2.45) is 0 Å². The van der Waals surface area contributed by atoms with Crippen molar-refractivity contribution in [1.82, 2.24) is 10.2 Å². The molecule has 4 nitrogen and oxygen atoms in total. The Morgan fingerprint density at radius 2 is 2.00 bits per heavy atom. The third kappa shape index (κ3) is 2.38. The van der Waals surface area contributed by atoms with Crippen LogP contribution in [-0.4, -0.2) is 10.2 Å². The summed E-state index contributed by atoms with van der Waals surface area (Å²) in [6.45, 7) is 0. The van der Waals surface area contributed by atoms with E-state index in [-0.39, 0.29) is 16.5 Å². The number of H-pyrrole nitrogens is 1. The molecule has 18 heavy (non-hydrogen) atoms. The molecule has 2 aromatic rings. The van der Waals surface area contributed by atoms with E-state index in [0.717, 1.165) is 0 Å². The largest absolute Gasteiger partial charge is 0.435 e. The second kappa shape index (κ2) is 4.46. The Hall–Kier alpha value is -1.81. The maximum atomic E-state index is 11.5. The van der Waals surface area contributed by atoms with Crippen LogP contribution in [0.1, 0.15) is 24.3 Å². The maximum absolute atomic E-state index is 11.5. The molecule has 1 fully saturated rings. The van der Waals surface area contributed by atoms with Crippen LogP contribution in [-0.2, 0) is 0 Å². The zero-order valence-corrected chi connectivity index (χ0v) is 10.3. The number of rotatable bonds is 3. The minimum Gasteiger partial charge on any atom is -0.435 e. The molecule has 1 aliphatic rings. The van der Waals surface area contributed by atoms with Crippen LogP contribution in [0.4, 0.5) is 0 Å². The van der Waals surface area contributed by atoms with Crippen molar-refractivity contribution < 1.29 is 4.74 Å².